The van der Waals surface area contributed by atoms with Crippen molar-refractivity contribution < 1.29 is 19.1 Å². The second-order valence-corrected chi connectivity index (χ2v) is 9.91. The van der Waals surface area contributed by atoms with Crippen LogP contribution in [0.2, 0.25) is 0 Å². The molecule has 2 aromatic carbocycles. The van der Waals surface area contributed by atoms with Gasteiger partial charge < -0.3 is 19.5 Å². The predicted octanol–water partition coefficient (Wildman–Crippen LogP) is 4.53. The highest BCUT2D eigenvalue weighted by Crippen LogP contribution is 2.42. The van der Waals surface area contributed by atoms with Crippen molar-refractivity contribution in [1.29, 1.82) is 0 Å². The molecule has 5 nitrogen and oxygen atoms in total. The number of ether oxygens (including phenoxy) is 2. The first kappa shape index (κ1) is 20.2. The molecule has 1 aromatic heterocycles. The topological polar surface area (TPSA) is 45.8 Å². The van der Waals surface area contributed by atoms with E-state index >= 15 is 0 Å². The number of benzene rings is 2. The summed E-state index contributed by atoms with van der Waals surface area (Å²) >= 11 is 1.79. The van der Waals surface area contributed by atoms with Crippen molar-refractivity contribution in [3.05, 3.63) is 52.0 Å². The van der Waals surface area contributed by atoms with Crippen LogP contribution in [-0.2, 0) is 28.9 Å². The van der Waals surface area contributed by atoms with Crippen LogP contribution in [-0.4, -0.2) is 37.7 Å². The molecule has 0 radical (unpaired) electrons. The molecular formula is C26H29N2O3S+. The van der Waals surface area contributed by atoms with Gasteiger partial charge >= 0.3 is 0 Å². The maximum Gasteiger partial charge on any atom is 0.262 e. The fraction of sp³-hybridized carbons (Fsp3) is 0.423. The number of hydrogen-bond donors (Lipinski definition) is 1. The number of anilines is 1. The van der Waals surface area contributed by atoms with E-state index in [1.807, 2.05) is 0 Å². The van der Waals surface area contributed by atoms with Crippen LogP contribution in [0.15, 0.2) is 30.3 Å². The number of nitrogens with zero attached hydrogens (tertiary/aromatic N) is 2. The monoisotopic (exact) mass is 449 g/mol. The largest absolute Gasteiger partial charge is 0.507 e. The van der Waals surface area contributed by atoms with Crippen LogP contribution >= 0.6 is 11.3 Å². The Kier molecular flexibility index (Phi) is 5.37. The molecule has 4 heterocycles. The zero-order valence-electron chi connectivity index (χ0n) is 18.3. The minimum Gasteiger partial charge on any atom is -0.507 e. The van der Waals surface area contributed by atoms with Gasteiger partial charge in [0.25, 0.3) is 5.01 Å². The van der Waals surface area contributed by atoms with Crippen LogP contribution in [0.3, 0.4) is 0 Å². The zero-order chi connectivity index (χ0) is 21.5. The number of aryl methyl sites for hydroxylation is 2. The smallest absolute Gasteiger partial charge is 0.262 e. The molecule has 0 saturated carbocycles. The second kappa shape index (κ2) is 8.50. The lowest BCUT2D eigenvalue weighted by Gasteiger charge is -2.37. The Morgan fingerprint density at radius 3 is 2.78 bits per heavy atom. The van der Waals surface area contributed by atoms with Crippen molar-refractivity contribution in [2.45, 2.75) is 44.9 Å². The van der Waals surface area contributed by atoms with Crippen LogP contribution < -0.4 is 9.47 Å². The van der Waals surface area contributed by atoms with Gasteiger partial charge in [0.2, 0.25) is 5.52 Å². The number of hydrogen-bond acceptors (Lipinski definition) is 5. The lowest BCUT2D eigenvalue weighted by Crippen LogP contribution is -2.36. The number of aromatic nitrogens is 1. The predicted molar refractivity (Wildman–Crippen MR) is 128 cm³/mol. The van der Waals surface area contributed by atoms with Gasteiger partial charge in [-0.25, -0.2) is 0 Å². The number of fused-ring (bicyclic) bond motifs is 1. The van der Waals surface area contributed by atoms with Crippen molar-refractivity contribution in [2.75, 3.05) is 31.2 Å². The average Bonchev–Trinajstić information content (AvgIpc) is 3.46. The SMILES string of the molecule is Oc1c(/C=C/c2sc3ccccc3[n+]2CCC2OCCO2)cc2c3c1CCCN3CCC2. The summed E-state index contributed by atoms with van der Waals surface area (Å²) in [5.41, 5.74) is 6.02. The lowest BCUT2D eigenvalue weighted by molar-refractivity contribution is -0.670. The molecule has 3 aliphatic rings. The standard InChI is InChI=1S/C26H28N2O3S/c29-26-19(17-18-5-3-12-27-13-4-6-20(26)25(18)27)9-10-23-28(14-11-24-30-15-16-31-24)21-7-1-2-8-22(21)32-23/h1-2,7-10,17,24H,3-6,11-16H2/p+1. The number of aromatic hydroxyl groups is 1. The van der Waals surface area contributed by atoms with Crippen LogP contribution in [0.25, 0.3) is 22.4 Å². The molecule has 0 atom stereocenters. The normalized spacial score (nSPS) is 18.7. The first-order valence-corrected chi connectivity index (χ1v) is 12.5. The Hall–Kier alpha value is -2.41. The van der Waals surface area contributed by atoms with Gasteiger partial charge in [0, 0.05) is 42.0 Å². The minimum absolute atomic E-state index is 0.112. The Labute approximate surface area is 192 Å². The summed E-state index contributed by atoms with van der Waals surface area (Å²) in [4.78, 5) is 2.47. The molecule has 0 bridgehead atoms. The van der Waals surface area contributed by atoms with Gasteiger partial charge in [0.1, 0.15) is 10.4 Å². The molecular weight excluding hydrogens is 420 g/mol. The fourth-order valence-corrected chi connectivity index (χ4v) is 6.46. The van der Waals surface area contributed by atoms with Crippen molar-refractivity contribution in [1.82, 2.24) is 0 Å². The van der Waals surface area contributed by atoms with Crippen molar-refractivity contribution >= 4 is 39.4 Å². The lowest BCUT2D eigenvalue weighted by atomic mass is 9.89. The van der Waals surface area contributed by atoms with Gasteiger partial charge in [0.05, 0.1) is 19.6 Å². The quantitative estimate of drug-likeness (QED) is 0.582. The highest BCUT2D eigenvalue weighted by Gasteiger charge is 2.27. The summed E-state index contributed by atoms with van der Waals surface area (Å²) in [5.74, 6) is 0.465. The zero-order valence-corrected chi connectivity index (χ0v) is 19.1. The third-order valence-electron chi connectivity index (χ3n) is 6.85. The van der Waals surface area contributed by atoms with E-state index in [2.05, 4.69) is 52.0 Å². The molecule has 6 heteroatoms. The molecule has 3 aromatic rings. The molecule has 0 aliphatic carbocycles. The first-order chi connectivity index (χ1) is 15.8. The van der Waals surface area contributed by atoms with Crippen LogP contribution in [0.5, 0.6) is 5.75 Å². The fourth-order valence-electron chi connectivity index (χ4n) is 5.37. The van der Waals surface area contributed by atoms with E-state index in [1.54, 1.807) is 11.3 Å². The van der Waals surface area contributed by atoms with Gasteiger partial charge in [-0.15, -0.1) is 0 Å². The summed E-state index contributed by atoms with van der Waals surface area (Å²) in [5, 5.41) is 12.3. The van der Waals surface area contributed by atoms with Gasteiger partial charge in [-0.1, -0.05) is 23.5 Å². The van der Waals surface area contributed by atoms with E-state index in [4.69, 9.17) is 9.47 Å². The summed E-state index contributed by atoms with van der Waals surface area (Å²) < 4.78 is 14.9. The highest BCUT2D eigenvalue weighted by atomic mass is 32.1. The molecule has 0 amide bonds. The highest BCUT2D eigenvalue weighted by molar-refractivity contribution is 7.18. The molecule has 166 valence electrons. The average molecular weight is 450 g/mol. The molecule has 32 heavy (non-hydrogen) atoms. The van der Waals surface area contributed by atoms with E-state index in [-0.39, 0.29) is 6.29 Å². The summed E-state index contributed by atoms with van der Waals surface area (Å²) in [6, 6.07) is 10.7. The van der Waals surface area contributed by atoms with Gasteiger partial charge in [-0.05, 0) is 49.5 Å². The maximum absolute atomic E-state index is 11.1. The van der Waals surface area contributed by atoms with Crippen molar-refractivity contribution in [3.8, 4) is 5.75 Å². The molecule has 1 N–H and O–H groups in total. The molecule has 0 unspecified atom stereocenters. The van der Waals surface area contributed by atoms with E-state index in [0.29, 0.717) is 19.0 Å². The Morgan fingerprint density at radius 2 is 1.91 bits per heavy atom. The van der Waals surface area contributed by atoms with E-state index in [9.17, 15) is 5.11 Å². The Bertz CT molecular complexity index is 1180. The number of phenolic OH excluding ortho intramolecular Hbond substituents is 1. The number of rotatable bonds is 5. The summed E-state index contributed by atoms with van der Waals surface area (Å²) in [6.45, 7) is 4.44. The third kappa shape index (κ3) is 3.60. The van der Waals surface area contributed by atoms with Gasteiger partial charge in [-0.2, -0.15) is 4.57 Å². The van der Waals surface area contributed by atoms with Crippen LogP contribution in [0, 0.1) is 0 Å². The first-order valence-electron chi connectivity index (χ1n) is 11.7. The Morgan fingerprint density at radius 1 is 1.09 bits per heavy atom. The van der Waals surface area contributed by atoms with Crippen molar-refractivity contribution in [2.24, 2.45) is 0 Å². The minimum atomic E-state index is -0.112. The van der Waals surface area contributed by atoms with E-state index in [1.165, 1.54) is 32.9 Å². The van der Waals surface area contributed by atoms with Crippen LogP contribution in [0.1, 0.15) is 41.0 Å². The van der Waals surface area contributed by atoms with Gasteiger partial charge in [-0.3, -0.25) is 0 Å². The molecule has 1 saturated heterocycles. The second-order valence-electron chi connectivity index (χ2n) is 8.85. The number of thiazole rings is 1. The van der Waals surface area contributed by atoms with E-state index in [0.717, 1.165) is 56.4 Å². The van der Waals surface area contributed by atoms with E-state index < -0.39 is 0 Å². The number of phenols is 1. The molecule has 6 rings (SSSR count). The third-order valence-corrected chi connectivity index (χ3v) is 7.98. The maximum atomic E-state index is 11.1. The molecule has 0 spiro atoms. The van der Waals surface area contributed by atoms with Crippen LogP contribution in [0.4, 0.5) is 5.69 Å². The van der Waals surface area contributed by atoms with Crippen molar-refractivity contribution in [3.63, 3.8) is 0 Å². The summed E-state index contributed by atoms with van der Waals surface area (Å²) in [7, 11) is 0. The molecule has 3 aliphatic heterocycles. The van der Waals surface area contributed by atoms with Gasteiger partial charge in [0.15, 0.2) is 12.8 Å². The summed E-state index contributed by atoms with van der Waals surface area (Å²) in [6.07, 6.45) is 9.37. The Balaban J connectivity index is 1.35. The molecule has 1 fully saturated rings. The number of para-hydroxylation sites is 1.